The number of nitrogens with one attached hydrogen (secondary N) is 3. The van der Waals surface area contributed by atoms with E-state index in [1.54, 1.807) is 0 Å². The molecule has 1 aliphatic carbocycles. The van der Waals surface area contributed by atoms with Crippen molar-refractivity contribution in [3.05, 3.63) is 30.1 Å². The van der Waals surface area contributed by atoms with E-state index in [4.69, 9.17) is 15.8 Å². The number of aromatic amines is 1. The van der Waals surface area contributed by atoms with Gasteiger partial charge in [0.2, 0.25) is 11.9 Å². The molecule has 31 heavy (non-hydrogen) atoms. The summed E-state index contributed by atoms with van der Waals surface area (Å²) in [6.45, 7) is 2.13. The second-order valence-corrected chi connectivity index (χ2v) is 8.43. The average molecular weight is 424 g/mol. The molecule has 2 fully saturated rings. The van der Waals surface area contributed by atoms with E-state index in [1.807, 2.05) is 22.8 Å². The van der Waals surface area contributed by atoms with Crippen LogP contribution in [-0.4, -0.2) is 56.4 Å². The molecule has 0 unspecified atom stereocenters. The zero-order valence-electron chi connectivity index (χ0n) is 17.5. The SMILES string of the molecule is NCCCC(=O)NC1CCN(c2nc(Nc3cc(C4CC4)n[nH]3)c3cccn3n2)CC1. The summed E-state index contributed by atoms with van der Waals surface area (Å²) in [7, 11) is 0. The van der Waals surface area contributed by atoms with Crippen LogP contribution in [-0.2, 0) is 4.79 Å². The van der Waals surface area contributed by atoms with Crippen LogP contribution in [0.4, 0.5) is 17.6 Å². The molecule has 10 nitrogen and oxygen atoms in total. The topological polar surface area (TPSA) is 129 Å². The van der Waals surface area contributed by atoms with Crippen molar-refractivity contribution in [1.29, 1.82) is 0 Å². The number of aromatic nitrogens is 5. The fraction of sp³-hybridized carbons (Fsp3) is 0.524. The predicted molar refractivity (Wildman–Crippen MR) is 118 cm³/mol. The molecule has 1 saturated carbocycles. The van der Waals surface area contributed by atoms with Gasteiger partial charge in [0.05, 0.1) is 5.69 Å². The third kappa shape index (κ3) is 4.48. The number of anilines is 3. The molecule has 2 aliphatic rings. The maximum Gasteiger partial charge on any atom is 0.245 e. The molecule has 4 heterocycles. The van der Waals surface area contributed by atoms with E-state index >= 15 is 0 Å². The molecule has 3 aromatic rings. The minimum absolute atomic E-state index is 0.0884. The van der Waals surface area contributed by atoms with E-state index in [0.29, 0.717) is 24.8 Å². The van der Waals surface area contributed by atoms with Crippen LogP contribution in [0.25, 0.3) is 5.52 Å². The second kappa shape index (κ2) is 8.54. The van der Waals surface area contributed by atoms with Gasteiger partial charge in [-0.05, 0) is 50.8 Å². The van der Waals surface area contributed by atoms with E-state index in [9.17, 15) is 4.79 Å². The van der Waals surface area contributed by atoms with Crippen molar-refractivity contribution in [2.45, 2.75) is 50.5 Å². The molecule has 0 atom stereocenters. The Morgan fingerprint density at radius 1 is 1.26 bits per heavy atom. The highest BCUT2D eigenvalue weighted by Crippen LogP contribution is 2.39. The zero-order valence-corrected chi connectivity index (χ0v) is 17.5. The number of carbonyl (C=O) groups excluding carboxylic acids is 1. The normalized spacial score (nSPS) is 17.3. The molecule has 1 saturated heterocycles. The first-order chi connectivity index (χ1) is 15.2. The lowest BCUT2D eigenvalue weighted by atomic mass is 10.1. The molecule has 5 rings (SSSR count). The van der Waals surface area contributed by atoms with Crippen molar-refractivity contribution < 1.29 is 4.79 Å². The Morgan fingerprint density at radius 2 is 2.10 bits per heavy atom. The van der Waals surface area contributed by atoms with Crippen molar-refractivity contribution >= 4 is 29.0 Å². The zero-order chi connectivity index (χ0) is 21.2. The van der Waals surface area contributed by atoms with E-state index in [-0.39, 0.29) is 11.9 Å². The first kappa shape index (κ1) is 19.8. The van der Waals surface area contributed by atoms with Crippen molar-refractivity contribution in [3.8, 4) is 0 Å². The highest BCUT2D eigenvalue weighted by Gasteiger charge is 2.27. The summed E-state index contributed by atoms with van der Waals surface area (Å²) in [5, 5.41) is 18.7. The van der Waals surface area contributed by atoms with Gasteiger partial charge >= 0.3 is 0 Å². The van der Waals surface area contributed by atoms with Crippen LogP contribution in [0.15, 0.2) is 24.4 Å². The Labute approximate surface area is 180 Å². The van der Waals surface area contributed by atoms with Crippen molar-refractivity contribution in [2.75, 3.05) is 29.9 Å². The van der Waals surface area contributed by atoms with Gasteiger partial charge in [-0.15, -0.1) is 5.10 Å². The number of hydrogen-bond acceptors (Lipinski definition) is 7. The van der Waals surface area contributed by atoms with Crippen molar-refractivity contribution in [2.24, 2.45) is 5.73 Å². The smallest absolute Gasteiger partial charge is 0.245 e. The molecule has 1 amide bonds. The molecule has 0 spiro atoms. The maximum absolute atomic E-state index is 12.0. The first-order valence-electron chi connectivity index (χ1n) is 11.1. The van der Waals surface area contributed by atoms with Crippen LogP contribution in [0.2, 0.25) is 0 Å². The van der Waals surface area contributed by atoms with Crippen LogP contribution in [0.5, 0.6) is 0 Å². The van der Waals surface area contributed by atoms with Gasteiger partial charge in [0, 0.05) is 43.7 Å². The lowest BCUT2D eigenvalue weighted by Gasteiger charge is -2.32. The molecular weight excluding hydrogens is 394 g/mol. The van der Waals surface area contributed by atoms with E-state index < -0.39 is 0 Å². The average Bonchev–Trinajstić information content (AvgIpc) is 3.33. The van der Waals surface area contributed by atoms with Crippen molar-refractivity contribution in [3.63, 3.8) is 0 Å². The molecule has 0 radical (unpaired) electrons. The number of hydrogen-bond donors (Lipinski definition) is 4. The molecule has 10 heteroatoms. The Hall–Kier alpha value is -3.14. The molecule has 1 aliphatic heterocycles. The lowest BCUT2D eigenvalue weighted by Crippen LogP contribution is -2.45. The predicted octanol–water partition coefficient (Wildman–Crippen LogP) is 1.90. The minimum Gasteiger partial charge on any atom is -0.353 e. The van der Waals surface area contributed by atoms with Gasteiger partial charge in [0.25, 0.3) is 0 Å². The number of carbonyl (C=O) groups is 1. The van der Waals surface area contributed by atoms with Gasteiger partial charge < -0.3 is 21.3 Å². The standard InChI is InChI=1S/C21H29N9O/c22-9-1-4-19(31)23-15-7-11-29(12-8-15)21-25-20(17-3-2-10-30(17)28-21)24-18-13-16(26-27-18)14-5-6-14/h2-3,10,13-15H,1,4-9,11-12,22H2,(H,23,31)(H2,24,25,26,27,28). The molecule has 164 valence electrons. The summed E-state index contributed by atoms with van der Waals surface area (Å²) in [6, 6.07) is 6.22. The Balaban J connectivity index is 1.27. The van der Waals surface area contributed by atoms with Crippen LogP contribution in [0.3, 0.4) is 0 Å². The first-order valence-corrected chi connectivity index (χ1v) is 11.1. The number of H-pyrrole nitrogens is 1. The lowest BCUT2D eigenvalue weighted by molar-refractivity contribution is -0.122. The number of amides is 1. The third-order valence-corrected chi connectivity index (χ3v) is 5.98. The van der Waals surface area contributed by atoms with Gasteiger partial charge in [0.15, 0.2) is 5.82 Å². The molecule has 5 N–H and O–H groups in total. The second-order valence-electron chi connectivity index (χ2n) is 8.43. The van der Waals surface area contributed by atoms with E-state index in [0.717, 1.165) is 55.2 Å². The highest BCUT2D eigenvalue weighted by molar-refractivity contribution is 5.76. The number of nitrogens with two attached hydrogens (primary N) is 1. The van der Waals surface area contributed by atoms with Gasteiger partial charge in [0.1, 0.15) is 11.3 Å². The highest BCUT2D eigenvalue weighted by atomic mass is 16.1. The summed E-state index contributed by atoms with van der Waals surface area (Å²) in [4.78, 5) is 19.0. The van der Waals surface area contributed by atoms with Crippen LogP contribution >= 0.6 is 0 Å². The van der Waals surface area contributed by atoms with E-state index in [2.05, 4.69) is 31.8 Å². The summed E-state index contributed by atoms with van der Waals surface area (Å²) in [6.07, 6.45) is 7.32. The fourth-order valence-electron chi connectivity index (χ4n) is 4.05. The summed E-state index contributed by atoms with van der Waals surface area (Å²) >= 11 is 0. The molecule has 0 aromatic carbocycles. The largest absolute Gasteiger partial charge is 0.353 e. The quantitative estimate of drug-likeness (QED) is 0.435. The molecular formula is C21H29N9O. The van der Waals surface area contributed by atoms with E-state index in [1.165, 1.54) is 12.8 Å². The maximum atomic E-state index is 12.0. The van der Waals surface area contributed by atoms with Crippen LogP contribution in [0, 0.1) is 0 Å². The Morgan fingerprint density at radius 3 is 2.87 bits per heavy atom. The Bertz CT molecular complexity index is 1050. The minimum atomic E-state index is 0.0884. The number of rotatable bonds is 8. The number of fused-ring (bicyclic) bond motifs is 1. The van der Waals surface area contributed by atoms with Crippen molar-refractivity contribution in [1.82, 2.24) is 30.1 Å². The van der Waals surface area contributed by atoms with Gasteiger partial charge in [-0.1, -0.05) is 0 Å². The third-order valence-electron chi connectivity index (χ3n) is 5.98. The number of piperidine rings is 1. The molecule has 0 bridgehead atoms. The molecule has 3 aromatic heterocycles. The summed E-state index contributed by atoms with van der Waals surface area (Å²) in [5.41, 5.74) is 7.51. The van der Waals surface area contributed by atoms with Gasteiger partial charge in [-0.2, -0.15) is 10.1 Å². The monoisotopic (exact) mass is 423 g/mol. The van der Waals surface area contributed by atoms with Crippen LogP contribution < -0.4 is 21.3 Å². The van der Waals surface area contributed by atoms with Gasteiger partial charge in [-0.3, -0.25) is 9.89 Å². The summed E-state index contributed by atoms with van der Waals surface area (Å²) < 4.78 is 1.85. The summed E-state index contributed by atoms with van der Waals surface area (Å²) in [5.74, 6) is 2.96. The Kier molecular flexibility index (Phi) is 5.46. The van der Waals surface area contributed by atoms with Gasteiger partial charge in [-0.25, -0.2) is 4.52 Å². The number of nitrogens with zero attached hydrogens (tertiary/aromatic N) is 5. The fourth-order valence-corrected chi connectivity index (χ4v) is 4.05. The van der Waals surface area contributed by atoms with Crippen LogP contribution in [0.1, 0.15) is 50.1 Å².